The molecule has 0 bridgehead atoms. The van der Waals surface area contributed by atoms with E-state index in [1.54, 1.807) is 13.3 Å². The fourth-order valence-electron chi connectivity index (χ4n) is 3.56. The number of nitrogens with two attached hydrogens (primary N) is 1. The van der Waals surface area contributed by atoms with Crippen molar-refractivity contribution in [1.82, 2.24) is 9.88 Å². The molecule has 0 amide bonds. The maximum Gasteiger partial charge on any atom is 0.137 e. The lowest BCUT2D eigenvalue weighted by Gasteiger charge is -2.49. The van der Waals surface area contributed by atoms with Crippen LogP contribution in [-0.4, -0.2) is 36.6 Å². The Hall–Kier alpha value is -1.13. The highest BCUT2D eigenvalue weighted by Crippen LogP contribution is 2.43. The summed E-state index contributed by atoms with van der Waals surface area (Å²) < 4.78 is 5.28. The van der Waals surface area contributed by atoms with E-state index < -0.39 is 0 Å². The average Bonchev–Trinajstić information content (AvgIpc) is 2.46. The lowest BCUT2D eigenvalue weighted by Crippen LogP contribution is -2.54. The Bertz CT molecular complexity index is 449. The minimum atomic E-state index is -0.0390. The van der Waals surface area contributed by atoms with Gasteiger partial charge in [-0.25, -0.2) is 0 Å². The molecule has 0 aliphatic heterocycles. The highest BCUT2D eigenvalue weighted by atomic mass is 16.5. The van der Waals surface area contributed by atoms with Gasteiger partial charge in [0.2, 0.25) is 0 Å². The second kappa shape index (κ2) is 6.10. The summed E-state index contributed by atoms with van der Waals surface area (Å²) in [4.78, 5) is 6.57. The topological polar surface area (TPSA) is 51.4 Å². The number of hydrogen-bond acceptors (Lipinski definition) is 4. The summed E-state index contributed by atoms with van der Waals surface area (Å²) >= 11 is 0. The van der Waals surface area contributed by atoms with E-state index in [4.69, 9.17) is 10.5 Å². The Labute approximate surface area is 122 Å². The van der Waals surface area contributed by atoms with E-state index in [1.807, 2.05) is 12.3 Å². The second-order valence-corrected chi connectivity index (χ2v) is 6.34. The van der Waals surface area contributed by atoms with E-state index in [-0.39, 0.29) is 11.6 Å². The summed E-state index contributed by atoms with van der Waals surface area (Å²) in [5.41, 5.74) is 7.74. The molecule has 1 heterocycles. The second-order valence-electron chi connectivity index (χ2n) is 6.34. The van der Waals surface area contributed by atoms with Crippen LogP contribution in [0.25, 0.3) is 0 Å². The Balaban J connectivity index is 2.33. The molecule has 0 aromatic carbocycles. The van der Waals surface area contributed by atoms with Crippen LogP contribution in [0.5, 0.6) is 5.75 Å². The van der Waals surface area contributed by atoms with Crippen LogP contribution >= 0.6 is 0 Å². The fourth-order valence-corrected chi connectivity index (χ4v) is 3.56. The third-order valence-corrected chi connectivity index (χ3v) is 4.81. The van der Waals surface area contributed by atoms with Gasteiger partial charge in [0.1, 0.15) is 5.75 Å². The maximum absolute atomic E-state index is 6.65. The highest BCUT2D eigenvalue weighted by Gasteiger charge is 2.42. The van der Waals surface area contributed by atoms with Crippen LogP contribution in [-0.2, 0) is 0 Å². The van der Waals surface area contributed by atoms with Crippen LogP contribution in [0.1, 0.15) is 44.2 Å². The first-order chi connectivity index (χ1) is 9.49. The van der Waals surface area contributed by atoms with Gasteiger partial charge in [-0.3, -0.25) is 4.98 Å². The molecule has 2 N–H and O–H groups in total. The monoisotopic (exact) mass is 277 g/mol. The van der Waals surface area contributed by atoms with Gasteiger partial charge >= 0.3 is 0 Å². The molecular weight excluding hydrogens is 250 g/mol. The van der Waals surface area contributed by atoms with Gasteiger partial charge in [-0.2, -0.15) is 0 Å². The van der Waals surface area contributed by atoms with Crippen molar-refractivity contribution in [2.75, 3.05) is 21.2 Å². The maximum atomic E-state index is 6.65. The molecule has 0 radical (unpaired) electrons. The van der Waals surface area contributed by atoms with Gasteiger partial charge in [0.15, 0.2) is 0 Å². The Morgan fingerprint density at radius 2 is 2.20 bits per heavy atom. The lowest BCUT2D eigenvalue weighted by atomic mass is 9.70. The first kappa shape index (κ1) is 15.3. The third kappa shape index (κ3) is 2.81. The normalized spacial score (nSPS) is 28.4. The van der Waals surface area contributed by atoms with Crippen molar-refractivity contribution in [2.24, 2.45) is 11.7 Å². The minimum Gasteiger partial charge on any atom is -0.495 e. The van der Waals surface area contributed by atoms with Crippen LogP contribution in [0.2, 0.25) is 0 Å². The molecule has 20 heavy (non-hydrogen) atoms. The zero-order valence-electron chi connectivity index (χ0n) is 13.1. The van der Waals surface area contributed by atoms with Crippen LogP contribution in [0, 0.1) is 5.92 Å². The molecule has 1 aliphatic rings. The van der Waals surface area contributed by atoms with Crippen molar-refractivity contribution >= 4 is 0 Å². The molecule has 0 spiro atoms. The largest absolute Gasteiger partial charge is 0.495 e. The summed E-state index contributed by atoms with van der Waals surface area (Å²) in [6, 6.07) is 1.98. The molecule has 1 fully saturated rings. The van der Waals surface area contributed by atoms with E-state index in [0.29, 0.717) is 0 Å². The summed E-state index contributed by atoms with van der Waals surface area (Å²) in [6.07, 6.45) is 8.42. The third-order valence-electron chi connectivity index (χ3n) is 4.81. The number of ether oxygens (including phenoxy) is 1. The summed E-state index contributed by atoms with van der Waals surface area (Å²) in [5.74, 6) is 1.49. The van der Waals surface area contributed by atoms with E-state index in [0.717, 1.165) is 30.1 Å². The average molecular weight is 277 g/mol. The quantitative estimate of drug-likeness (QED) is 0.919. The predicted molar refractivity (Wildman–Crippen MR) is 81.8 cm³/mol. The Morgan fingerprint density at radius 3 is 2.80 bits per heavy atom. The van der Waals surface area contributed by atoms with Gasteiger partial charge in [-0.15, -0.1) is 0 Å². The summed E-state index contributed by atoms with van der Waals surface area (Å²) in [5, 5.41) is 0. The molecule has 2 rings (SSSR count). The highest BCUT2D eigenvalue weighted by molar-refractivity contribution is 5.28. The van der Waals surface area contributed by atoms with Crippen molar-refractivity contribution in [3.05, 3.63) is 24.0 Å². The molecule has 4 heteroatoms. The van der Waals surface area contributed by atoms with Gasteiger partial charge in [0, 0.05) is 17.8 Å². The molecule has 1 saturated carbocycles. The number of methoxy groups -OCH3 is 1. The molecule has 0 saturated heterocycles. The number of hydrogen-bond donors (Lipinski definition) is 1. The van der Waals surface area contributed by atoms with Crippen LogP contribution < -0.4 is 10.5 Å². The van der Waals surface area contributed by atoms with Crippen LogP contribution in [0.15, 0.2) is 18.5 Å². The van der Waals surface area contributed by atoms with Gasteiger partial charge < -0.3 is 15.4 Å². The predicted octanol–water partition coefficient (Wildman–Crippen LogP) is 2.60. The van der Waals surface area contributed by atoms with Crippen molar-refractivity contribution in [3.63, 3.8) is 0 Å². The zero-order chi connectivity index (χ0) is 14.8. The smallest absolute Gasteiger partial charge is 0.137 e. The summed E-state index contributed by atoms with van der Waals surface area (Å²) in [7, 11) is 5.95. The molecule has 4 nitrogen and oxygen atoms in total. The number of pyridine rings is 1. The van der Waals surface area contributed by atoms with Crippen LogP contribution in [0.4, 0.5) is 0 Å². The zero-order valence-corrected chi connectivity index (χ0v) is 13.1. The molecule has 1 aromatic rings. The van der Waals surface area contributed by atoms with Crippen molar-refractivity contribution in [3.8, 4) is 5.75 Å². The SMILES string of the molecule is COc1cncc(C(N)C2(N(C)C)CCCC(C)C2)c1. The molecule has 3 unspecified atom stereocenters. The summed E-state index contributed by atoms with van der Waals surface area (Å²) in [6.45, 7) is 2.33. The van der Waals surface area contributed by atoms with Gasteiger partial charge in [0.25, 0.3) is 0 Å². The van der Waals surface area contributed by atoms with Gasteiger partial charge in [-0.05, 0) is 44.5 Å². The number of aromatic nitrogens is 1. The lowest BCUT2D eigenvalue weighted by molar-refractivity contribution is 0.0498. The fraction of sp³-hybridized carbons (Fsp3) is 0.688. The first-order valence-electron chi connectivity index (χ1n) is 7.41. The minimum absolute atomic E-state index is 0.0196. The number of nitrogens with zero attached hydrogens (tertiary/aromatic N) is 2. The van der Waals surface area contributed by atoms with Crippen molar-refractivity contribution in [2.45, 2.75) is 44.2 Å². The Morgan fingerprint density at radius 1 is 1.45 bits per heavy atom. The van der Waals surface area contributed by atoms with E-state index >= 15 is 0 Å². The van der Waals surface area contributed by atoms with E-state index in [1.165, 1.54) is 12.8 Å². The molecule has 1 aromatic heterocycles. The first-order valence-corrected chi connectivity index (χ1v) is 7.41. The molecule has 3 atom stereocenters. The molecule has 112 valence electrons. The molecule has 1 aliphatic carbocycles. The number of likely N-dealkylation sites (N-methyl/N-ethyl adjacent to an activating group) is 1. The Kier molecular flexibility index (Phi) is 4.66. The number of rotatable bonds is 4. The van der Waals surface area contributed by atoms with Crippen molar-refractivity contribution in [1.29, 1.82) is 0 Å². The van der Waals surface area contributed by atoms with E-state index in [2.05, 4.69) is 30.9 Å². The standard InChI is InChI=1S/C16H27N3O/c1-12-6-5-7-16(9-12,19(2)3)15(17)13-8-14(20-4)11-18-10-13/h8,10-12,15H,5-7,9,17H2,1-4H3. The van der Waals surface area contributed by atoms with Crippen LogP contribution in [0.3, 0.4) is 0 Å². The van der Waals surface area contributed by atoms with Crippen molar-refractivity contribution < 1.29 is 4.74 Å². The van der Waals surface area contributed by atoms with Gasteiger partial charge in [0.05, 0.1) is 13.3 Å². The molecular formula is C16H27N3O. The van der Waals surface area contributed by atoms with Gasteiger partial charge in [-0.1, -0.05) is 19.8 Å². The van der Waals surface area contributed by atoms with E-state index in [9.17, 15) is 0 Å².